The van der Waals surface area contributed by atoms with E-state index >= 15 is 0 Å². The molecule has 1 saturated carbocycles. The van der Waals surface area contributed by atoms with Gasteiger partial charge in [-0.15, -0.1) is 0 Å². The Bertz CT molecular complexity index is 275. The molecule has 2 atom stereocenters. The normalized spacial score (nSPS) is 40.2. The first-order valence-corrected chi connectivity index (χ1v) is 4.51. The molecule has 64 valence electrons. The molecule has 2 aliphatic rings. The van der Waals surface area contributed by atoms with Crippen LogP contribution in [0.2, 0.25) is 0 Å². The van der Waals surface area contributed by atoms with Crippen LogP contribution in [-0.2, 0) is 4.79 Å². The van der Waals surface area contributed by atoms with Crippen LogP contribution in [0.4, 0.5) is 0 Å². The first kappa shape index (κ1) is 7.78. The van der Waals surface area contributed by atoms with Gasteiger partial charge in [-0.25, -0.2) is 0 Å². The van der Waals surface area contributed by atoms with Crippen molar-refractivity contribution in [2.24, 2.45) is 11.3 Å². The number of fused-ring (bicyclic) bond motifs is 2. The topological polar surface area (TPSA) is 17.1 Å². The van der Waals surface area contributed by atoms with E-state index in [0.717, 1.165) is 24.8 Å². The van der Waals surface area contributed by atoms with Crippen molar-refractivity contribution in [2.75, 3.05) is 0 Å². The largest absolute Gasteiger partial charge is 0.294 e. The monoisotopic (exact) mass is 162 g/mol. The standard InChI is InChI=1S/C11H14O/c1-8-3-5-11(2)6-4-10(12)9(8)7-11/h4,6,9H,1,3,5,7H2,2H3/t9-,11+/m0/s1. The van der Waals surface area contributed by atoms with Crippen LogP contribution in [0.1, 0.15) is 26.2 Å². The molecule has 1 nitrogen and oxygen atoms in total. The number of ketones is 1. The summed E-state index contributed by atoms with van der Waals surface area (Å²) in [7, 11) is 0. The molecule has 1 fully saturated rings. The van der Waals surface area contributed by atoms with Crippen molar-refractivity contribution in [1.29, 1.82) is 0 Å². The summed E-state index contributed by atoms with van der Waals surface area (Å²) in [6.07, 6.45) is 7.00. The van der Waals surface area contributed by atoms with Crippen molar-refractivity contribution in [2.45, 2.75) is 26.2 Å². The summed E-state index contributed by atoms with van der Waals surface area (Å²) in [4.78, 5) is 11.4. The molecule has 0 N–H and O–H groups in total. The molecule has 0 spiro atoms. The van der Waals surface area contributed by atoms with E-state index in [4.69, 9.17) is 0 Å². The predicted molar refractivity (Wildman–Crippen MR) is 48.7 cm³/mol. The van der Waals surface area contributed by atoms with Gasteiger partial charge in [0, 0.05) is 5.92 Å². The van der Waals surface area contributed by atoms with Gasteiger partial charge in [0.05, 0.1) is 0 Å². The maximum atomic E-state index is 11.4. The van der Waals surface area contributed by atoms with Crippen LogP contribution >= 0.6 is 0 Å². The molecule has 0 aromatic carbocycles. The number of hydrogen-bond acceptors (Lipinski definition) is 1. The average molecular weight is 162 g/mol. The Balaban J connectivity index is 2.37. The molecule has 0 radical (unpaired) electrons. The van der Waals surface area contributed by atoms with Gasteiger partial charge in [0.1, 0.15) is 0 Å². The Morgan fingerprint density at radius 1 is 1.67 bits per heavy atom. The number of rotatable bonds is 0. The number of carbonyl (C=O) groups is 1. The fourth-order valence-corrected chi connectivity index (χ4v) is 2.19. The van der Waals surface area contributed by atoms with Crippen LogP contribution < -0.4 is 0 Å². The molecule has 12 heavy (non-hydrogen) atoms. The van der Waals surface area contributed by atoms with Crippen LogP contribution in [0, 0.1) is 11.3 Å². The second-order valence-corrected chi connectivity index (χ2v) is 4.30. The van der Waals surface area contributed by atoms with E-state index < -0.39 is 0 Å². The van der Waals surface area contributed by atoms with E-state index in [-0.39, 0.29) is 17.1 Å². The van der Waals surface area contributed by atoms with Crippen LogP contribution in [0.3, 0.4) is 0 Å². The molecule has 0 aromatic heterocycles. The molecular formula is C11H14O. The maximum absolute atomic E-state index is 11.4. The molecule has 2 bridgehead atoms. The summed E-state index contributed by atoms with van der Waals surface area (Å²) in [6, 6.07) is 0. The molecule has 1 heteroatoms. The molecular weight excluding hydrogens is 148 g/mol. The molecule has 0 aromatic rings. The Labute approximate surface area is 73.2 Å². The lowest BCUT2D eigenvalue weighted by molar-refractivity contribution is -0.119. The van der Waals surface area contributed by atoms with Crippen LogP contribution in [0.15, 0.2) is 24.3 Å². The third kappa shape index (κ3) is 1.04. The van der Waals surface area contributed by atoms with E-state index in [1.807, 2.05) is 0 Å². The molecule has 0 saturated heterocycles. The lowest BCUT2D eigenvalue weighted by atomic mass is 9.65. The van der Waals surface area contributed by atoms with Crippen molar-refractivity contribution < 1.29 is 4.79 Å². The maximum Gasteiger partial charge on any atom is 0.162 e. The Hall–Kier alpha value is -0.850. The van der Waals surface area contributed by atoms with Crippen LogP contribution in [0.25, 0.3) is 0 Å². The lowest BCUT2D eigenvalue weighted by Gasteiger charge is -2.39. The summed E-state index contributed by atoms with van der Waals surface area (Å²) < 4.78 is 0. The molecule has 0 amide bonds. The SMILES string of the molecule is C=C1CC[C@]2(C)C=CC(=O)[C@H]1C2. The average Bonchev–Trinajstić information content (AvgIpc) is 2.05. The first-order valence-electron chi connectivity index (χ1n) is 4.51. The van der Waals surface area contributed by atoms with Gasteiger partial charge in [-0.3, -0.25) is 4.79 Å². The summed E-state index contributed by atoms with van der Waals surface area (Å²) in [5, 5.41) is 0. The third-order valence-electron chi connectivity index (χ3n) is 3.17. The number of carbonyl (C=O) groups excluding carboxylic acids is 1. The molecule has 0 heterocycles. The van der Waals surface area contributed by atoms with Gasteiger partial charge in [-0.05, 0) is 30.8 Å². The fourth-order valence-electron chi connectivity index (χ4n) is 2.19. The van der Waals surface area contributed by atoms with E-state index in [1.165, 1.54) is 0 Å². The van der Waals surface area contributed by atoms with Crippen molar-refractivity contribution in [3.63, 3.8) is 0 Å². The second-order valence-electron chi connectivity index (χ2n) is 4.30. The second kappa shape index (κ2) is 2.32. The highest BCUT2D eigenvalue weighted by atomic mass is 16.1. The predicted octanol–water partition coefficient (Wildman–Crippen LogP) is 2.49. The molecule has 0 unspecified atom stereocenters. The Morgan fingerprint density at radius 2 is 2.42 bits per heavy atom. The van der Waals surface area contributed by atoms with E-state index in [2.05, 4.69) is 19.6 Å². The quantitative estimate of drug-likeness (QED) is 0.500. The van der Waals surface area contributed by atoms with Crippen molar-refractivity contribution in [1.82, 2.24) is 0 Å². The van der Waals surface area contributed by atoms with Crippen molar-refractivity contribution in [3.05, 3.63) is 24.3 Å². The molecule has 0 aliphatic heterocycles. The minimum Gasteiger partial charge on any atom is -0.294 e. The van der Waals surface area contributed by atoms with Gasteiger partial charge in [0.15, 0.2) is 5.78 Å². The summed E-state index contributed by atoms with van der Waals surface area (Å²) in [5.74, 6) is 0.394. The van der Waals surface area contributed by atoms with Gasteiger partial charge < -0.3 is 0 Å². The van der Waals surface area contributed by atoms with Crippen molar-refractivity contribution in [3.8, 4) is 0 Å². The highest BCUT2D eigenvalue weighted by molar-refractivity contribution is 5.95. The minimum atomic E-state index is 0.133. The summed E-state index contributed by atoms with van der Waals surface area (Å²) in [6.45, 7) is 6.19. The first-order chi connectivity index (χ1) is 5.61. The summed E-state index contributed by atoms with van der Waals surface area (Å²) >= 11 is 0. The number of allylic oxidation sites excluding steroid dienone is 3. The zero-order valence-electron chi connectivity index (χ0n) is 7.47. The van der Waals surface area contributed by atoms with Gasteiger partial charge in [0.25, 0.3) is 0 Å². The smallest absolute Gasteiger partial charge is 0.162 e. The zero-order valence-corrected chi connectivity index (χ0v) is 7.47. The van der Waals surface area contributed by atoms with E-state index in [0.29, 0.717) is 0 Å². The van der Waals surface area contributed by atoms with Crippen molar-refractivity contribution >= 4 is 5.78 Å². The van der Waals surface area contributed by atoms with E-state index in [9.17, 15) is 4.79 Å². The zero-order chi connectivity index (χ0) is 8.77. The van der Waals surface area contributed by atoms with Gasteiger partial charge >= 0.3 is 0 Å². The Morgan fingerprint density at radius 3 is 3.08 bits per heavy atom. The van der Waals surface area contributed by atoms with Gasteiger partial charge in [-0.2, -0.15) is 0 Å². The van der Waals surface area contributed by atoms with E-state index in [1.54, 1.807) is 6.08 Å². The molecule has 2 aliphatic carbocycles. The Kier molecular flexibility index (Phi) is 1.50. The third-order valence-corrected chi connectivity index (χ3v) is 3.17. The minimum absolute atomic E-state index is 0.133. The lowest BCUT2D eigenvalue weighted by Crippen LogP contribution is -2.33. The summed E-state index contributed by atoms with van der Waals surface area (Å²) in [5.41, 5.74) is 1.42. The van der Waals surface area contributed by atoms with Gasteiger partial charge in [0.2, 0.25) is 0 Å². The van der Waals surface area contributed by atoms with Crippen LogP contribution in [0.5, 0.6) is 0 Å². The highest BCUT2D eigenvalue weighted by Crippen LogP contribution is 2.45. The number of hydrogen-bond donors (Lipinski definition) is 0. The van der Waals surface area contributed by atoms with Crippen LogP contribution in [-0.4, -0.2) is 5.78 Å². The highest BCUT2D eigenvalue weighted by Gasteiger charge is 2.37. The van der Waals surface area contributed by atoms with Gasteiger partial charge in [-0.1, -0.05) is 25.2 Å². The molecule has 2 rings (SSSR count). The fraction of sp³-hybridized carbons (Fsp3) is 0.545.